The molecule has 5 nitrogen and oxygen atoms in total. The maximum absolute atomic E-state index is 13.5. The third-order valence-corrected chi connectivity index (χ3v) is 3.43. The molecule has 0 atom stereocenters. The fraction of sp³-hybridized carbons (Fsp3) is 0.125. The first-order valence-corrected chi connectivity index (χ1v) is 6.91. The van der Waals surface area contributed by atoms with Crippen molar-refractivity contribution >= 4 is 0 Å². The van der Waals surface area contributed by atoms with Gasteiger partial charge in [0, 0.05) is 23.4 Å². The number of hydrogen-bond acceptors (Lipinski definition) is 3. The molecule has 0 aliphatic heterocycles. The van der Waals surface area contributed by atoms with Gasteiger partial charge in [0.1, 0.15) is 12.4 Å². The largest absolute Gasteiger partial charge is 0.710 e. The predicted octanol–water partition coefficient (Wildman–Crippen LogP) is 2.12. The molecule has 3 rings (SSSR count). The van der Waals surface area contributed by atoms with Crippen LogP contribution in [-0.2, 0) is 6.54 Å². The Bertz CT molecular complexity index is 832. The van der Waals surface area contributed by atoms with E-state index in [4.69, 9.17) is 0 Å². The Balaban J connectivity index is 2.24. The van der Waals surface area contributed by atoms with Gasteiger partial charge in [0.25, 0.3) is 0 Å². The van der Waals surface area contributed by atoms with Gasteiger partial charge in [-0.3, -0.25) is 0 Å². The maximum Gasteiger partial charge on any atom is 0.247 e. The molecule has 1 N–H and O–H groups in total. The van der Waals surface area contributed by atoms with Crippen LogP contribution < -0.4 is 4.73 Å². The highest BCUT2D eigenvalue weighted by Gasteiger charge is 2.23. The minimum atomic E-state index is -0.679. The van der Waals surface area contributed by atoms with Crippen LogP contribution in [0.3, 0.4) is 0 Å². The number of aliphatic hydroxyl groups excluding tert-OH is 1. The number of aliphatic hydroxyl groups is 1. The zero-order valence-electron chi connectivity index (χ0n) is 12.0. The second-order valence-electron chi connectivity index (χ2n) is 4.93. The van der Waals surface area contributed by atoms with Gasteiger partial charge in [0.2, 0.25) is 12.3 Å². The molecular weight excluding hydrogens is 304 g/mol. The zero-order valence-corrected chi connectivity index (χ0v) is 12.0. The molecule has 3 aromatic rings. The number of nitrogens with zero attached hydrogens (tertiary/aromatic N) is 3. The van der Waals surface area contributed by atoms with Crippen LogP contribution in [0.1, 0.15) is 0 Å². The summed E-state index contributed by atoms with van der Waals surface area (Å²) in [4.78, 5) is 3.50. The van der Waals surface area contributed by atoms with Gasteiger partial charge in [0.05, 0.1) is 6.61 Å². The summed E-state index contributed by atoms with van der Waals surface area (Å²) in [6.07, 6.45) is 2.56. The first kappa shape index (κ1) is 15.1. The van der Waals surface area contributed by atoms with Gasteiger partial charge in [-0.05, 0) is 30.3 Å². The fourth-order valence-corrected chi connectivity index (χ4v) is 2.48. The smallest absolute Gasteiger partial charge is 0.247 e. The van der Waals surface area contributed by atoms with Crippen molar-refractivity contribution in [2.45, 2.75) is 6.54 Å². The van der Waals surface area contributed by atoms with Crippen molar-refractivity contribution < 1.29 is 18.6 Å². The highest BCUT2D eigenvalue weighted by Crippen LogP contribution is 2.30. The van der Waals surface area contributed by atoms with E-state index in [0.29, 0.717) is 21.6 Å². The minimum Gasteiger partial charge on any atom is -0.710 e. The predicted molar refractivity (Wildman–Crippen MR) is 79.1 cm³/mol. The molecule has 0 saturated carbocycles. The Morgan fingerprint density at radius 3 is 2.52 bits per heavy atom. The summed E-state index contributed by atoms with van der Waals surface area (Å²) in [5, 5.41) is 21.5. The van der Waals surface area contributed by atoms with Crippen molar-refractivity contribution in [3.63, 3.8) is 0 Å². The molecule has 2 aromatic heterocycles. The Labute approximate surface area is 130 Å². The van der Waals surface area contributed by atoms with E-state index < -0.39 is 11.8 Å². The lowest BCUT2D eigenvalue weighted by Gasteiger charge is -2.06. The van der Waals surface area contributed by atoms with Crippen molar-refractivity contribution in [1.29, 1.82) is 0 Å². The Kier molecular flexibility index (Phi) is 4.03. The van der Waals surface area contributed by atoms with Crippen molar-refractivity contribution in [2.75, 3.05) is 6.61 Å². The summed E-state index contributed by atoms with van der Waals surface area (Å²) >= 11 is 0. The van der Waals surface area contributed by atoms with Crippen molar-refractivity contribution in [3.05, 3.63) is 65.9 Å². The molecule has 0 amide bonds. The topological polar surface area (TPSA) is 65.0 Å². The standard InChI is InChI=1S/C16H13F2N3O2/c17-13-3-1-11(2-4-13)16-15(12-5-6-19-14(18)9-12)20(7-8-22)10-21(16)23/h1-6,9-10,22H,7-8H2. The lowest BCUT2D eigenvalue weighted by Crippen LogP contribution is -2.25. The lowest BCUT2D eigenvalue weighted by atomic mass is 10.1. The zero-order chi connectivity index (χ0) is 16.4. The van der Waals surface area contributed by atoms with Gasteiger partial charge in [0.15, 0.2) is 11.4 Å². The first-order chi connectivity index (χ1) is 11.1. The quantitative estimate of drug-likeness (QED) is 0.455. The van der Waals surface area contributed by atoms with Crippen molar-refractivity contribution in [3.8, 4) is 22.5 Å². The maximum atomic E-state index is 13.5. The molecule has 118 valence electrons. The summed E-state index contributed by atoms with van der Waals surface area (Å²) < 4.78 is 28.7. The molecule has 0 aliphatic rings. The molecule has 0 radical (unpaired) electrons. The Hall–Kier alpha value is -2.80. The molecular formula is C16H13F2N3O2. The van der Waals surface area contributed by atoms with Crippen LogP contribution in [0.2, 0.25) is 0 Å². The fourth-order valence-electron chi connectivity index (χ4n) is 2.48. The molecule has 7 heteroatoms. The molecule has 0 spiro atoms. The van der Waals surface area contributed by atoms with Gasteiger partial charge >= 0.3 is 0 Å². The number of imidazole rings is 1. The Morgan fingerprint density at radius 1 is 1.13 bits per heavy atom. The molecule has 0 unspecified atom stereocenters. The number of aromatic nitrogens is 3. The summed E-state index contributed by atoms with van der Waals surface area (Å²) in [6, 6.07) is 8.22. The number of rotatable bonds is 4. The van der Waals surface area contributed by atoms with E-state index in [1.165, 1.54) is 47.4 Å². The van der Waals surface area contributed by atoms with Crippen LogP contribution in [0.4, 0.5) is 8.78 Å². The molecule has 0 aliphatic carbocycles. The van der Waals surface area contributed by atoms with Crippen LogP contribution in [0.5, 0.6) is 0 Å². The van der Waals surface area contributed by atoms with Crippen molar-refractivity contribution in [2.24, 2.45) is 0 Å². The van der Waals surface area contributed by atoms with E-state index in [-0.39, 0.29) is 18.8 Å². The van der Waals surface area contributed by atoms with E-state index in [0.717, 1.165) is 0 Å². The molecule has 0 bridgehead atoms. The molecule has 0 fully saturated rings. The SMILES string of the molecule is [O-][n+]1cn(CCO)c(-c2ccnc(F)c2)c1-c1ccc(F)cc1. The second kappa shape index (κ2) is 6.13. The van der Waals surface area contributed by atoms with Crippen molar-refractivity contribution in [1.82, 2.24) is 9.55 Å². The average Bonchev–Trinajstić information content (AvgIpc) is 2.85. The lowest BCUT2D eigenvalue weighted by molar-refractivity contribution is -0.593. The van der Waals surface area contributed by atoms with Crippen LogP contribution in [-0.4, -0.2) is 21.3 Å². The van der Waals surface area contributed by atoms with E-state index in [1.807, 2.05) is 0 Å². The molecule has 0 saturated heterocycles. The number of benzene rings is 1. The number of halogens is 2. The highest BCUT2D eigenvalue weighted by atomic mass is 19.1. The monoisotopic (exact) mass is 317 g/mol. The van der Waals surface area contributed by atoms with Crippen LogP contribution in [0.25, 0.3) is 22.5 Å². The van der Waals surface area contributed by atoms with E-state index in [9.17, 15) is 19.1 Å². The van der Waals surface area contributed by atoms with Gasteiger partial charge in [-0.15, -0.1) is 0 Å². The third-order valence-electron chi connectivity index (χ3n) is 3.43. The van der Waals surface area contributed by atoms with Gasteiger partial charge in [-0.2, -0.15) is 4.39 Å². The summed E-state index contributed by atoms with van der Waals surface area (Å²) in [6.45, 7) is -0.0131. The van der Waals surface area contributed by atoms with Gasteiger partial charge < -0.3 is 10.3 Å². The summed E-state index contributed by atoms with van der Waals surface area (Å²) in [5.41, 5.74) is 1.62. The normalized spacial score (nSPS) is 10.9. The van der Waals surface area contributed by atoms with Crippen LogP contribution in [0.15, 0.2) is 48.9 Å². The van der Waals surface area contributed by atoms with Gasteiger partial charge in [-0.1, -0.05) is 0 Å². The Morgan fingerprint density at radius 2 is 1.87 bits per heavy atom. The average molecular weight is 317 g/mol. The second-order valence-corrected chi connectivity index (χ2v) is 4.93. The molecule has 2 heterocycles. The van der Waals surface area contributed by atoms with E-state index in [2.05, 4.69) is 4.98 Å². The highest BCUT2D eigenvalue weighted by molar-refractivity contribution is 5.76. The summed E-state index contributed by atoms with van der Waals surface area (Å²) in [5.74, 6) is -1.10. The number of pyridine rings is 1. The summed E-state index contributed by atoms with van der Waals surface area (Å²) in [7, 11) is 0. The molecule has 1 aromatic carbocycles. The minimum absolute atomic E-state index is 0.169. The number of hydrogen-bond donors (Lipinski definition) is 1. The van der Waals surface area contributed by atoms with Crippen LogP contribution in [0, 0.1) is 17.0 Å². The first-order valence-electron chi connectivity index (χ1n) is 6.91. The molecule has 23 heavy (non-hydrogen) atoms. The third kappa shape index (κ3) is 2.91. The van der Waals surface area contributed by atoms with E-state index >= 15 is 0 Å². The van der Waals surface area contributed by atoms with Gasteiger partial charge in [-0.25, -0.2) is 18.7 Å². The van der Waals surface area contributed by atoms with Crippen LogP contribution >= 0.6 is 0 Å². The van der Waals surface area contributed by atoms with E-state index in [1.54, 1.807) is 6.07 Å².